The molecule has 2 aliphatic heterocycles. The van der Waals surface area contributed by atoms with Gasteiger partial charge in [0.1, 0.15) is 11.7 Å². The van der Waals surface area contributed by atoms with E-state index in [-0.39, 0.29) is 23.9 Å². The van der Waals surface area contributed by atoms with Crippen molar-refractivity contribution in [1.82, 2.24) is 5.01 Å². The molecule has 0 aliphatic carbocycles. The number of aliphatic imine (C=N–C) groups is 1. The van der Waals surface area contributed by atoms with Gasteiger partial charge in [-0.05, 0) is 57.5 Å². The van der Waals surface area contributed by atoms with E-state index >= 15 is 0 Å². The van der Waals surface area contributed by atoms with Gasteiger partial charge in [0.05, 0.1) is 17.2 Å². The molecule has 0 aromatic heterocycles. The first kappa shape index (κ1) is 23.5. The molecule has 1 amide bonds. The van der Waals surface area contributed by atoms with Crippen LogP contribution in [0.2, 0.25) is 5.02 Å². The van der Waals surface area contributed by atoms with Crippen LogP contribution >= 0.6 is 39.3 Å². The molecule has 0 fully saturated rings. The molecular weight excluding hydrogens is 528 g/mol. The zero-order valence-corrected chi connectivity index (χ0v) is 21.2. The number of hydrogen-bond donors (Lipinski definition) is 1. The van der Waals surface area contributed by atoms with Crippen LogP contribution in [-0.2, 0) is 11.4 Å². The molecule has 0 spiro atoms. The second kappa shape index (κ2) is 9.70. The number of methoxy groups -OCH3 is 1. The molecule has 0 atom stereocenters. The number of halogens is 2. The number of amides is 1. The average Bonchev–Trinajstić information content (AvgIpc) is 3.21. The Labute approximate surface area is 209 Å². The van der Waals surface area contributed by atoms with E-state index in [4.69, 9.17) is 26.5 Å². The fourth-order valence-electron chi connectivity index (χ4n) is 3.14. The molecule has 2 aromatic carbocycles. The number of nitrogens with one attached hydrogen (secondary N) is 1. The number of hydrogen-bond acceptors (Lipinski definition) is 6. The van der Waals surface area contributed by atoms with Crippen molar-refractivity contribution in [2.45, 2.75) is 20.5 Å². The highest BCUT2D eigenvalue weighted by atomic mass is 79.9. The first-order valence-corrected chi connectivity index (χ1v) is 12.0. The van der Waals surface area contributed by atoms with Crippen LogP contribution < -0.4 is 9.47 Å². The molecule has 2 aliphatic rings. The second-order valence-electron chi connectivity index (χ2n) is 7.53. The minimum absolute atomic E-state index is 0.0118. The molecule has 0 radical (unpaired) electrons. The van der Waals surface area contributed by atoms with Gasteiger partial charge in [-0.1, -0.05) is 43.6 Å². The summed E-state index contributed by atoms with van der Waals surface area (Å²) in [6.45, 7) is 4.27. The van der Waals surface area contributed by atoms with Crippen molar-refractivity contribution >= 4 is 67.3 Å². The maximum absolute atomic E-state index is 12.7. The number of fused-ring (bicyclic) bond motifs is 1. The fourth-order valence-corrected chi connectivity index (χ4v) is 4.79. The summed E-state index contributed by atoms with van der Waals surface area (Å²) < 4.78 is 12.1. The minimum Gasteiger partial charge on any atom is -0.493 e. The summed E-state index contributed by atoms with van der Waals surface area (Å²) in [5, 5.41) is 16.2. The molecule has 2 heterocycles. The Morgan fingerprint density at radius 1 is 1.30 bits per heavy atom. The highest BCUT2D eigenvalue weighted by Crippen LogP contribution is 2.39. The maximum Gasteiger partial charge on any atom is 0.283 e. The van der Waals surface area contributed by atoms with Gasteiger partial charge < -0.3 is 9.47 Å². The summed E-state index contributed by atoms with van der Waals surface area (Å²) in [4.78, 5) is 16.8. The molecule has 0 saturated heterocycles. The Bertz CT molecular complexity index is 1240. The van der Waals surface area contributed by atoms with E-state index < -0.39 is 5.91 Å². The van der Waals surface area contributed by atoms with Crippen molar-refractivity contribution in [2.75, 3.05) is 7.11 Å². The van der Waals surface area contributed by atoms with Gasteiger partial charge in [-0.3, -0.25) is 10.2 Å². The fraction of sp³-hybridized carbons (Fsp3) is 0.217. The maximum atomic E-state index is 12.7. The van der Waals surface area contributed by atoms with Gasteiger partial charge in [-0.25, -0.2) is 0 Å². The molecule has 170 valence electrons. The number of nitrogens with zero attached hydrogens (tertiary/aromatic N) is 3. The van der Waals surface area contributed by atoms with Gasteiger partial charge >= 0.3 is 0 Å². The lowest BCUT2D eigenvalue weighted by molar-refractivity contribution is -0.114. The summed E-state index contributed by atoms with van der Waals surface area (Å²) in [7, 11) is 1.54. The Balaban J connectivity index is 1.62. The number of amidine groups is 2. The summed E-state index contributed by atoms with van der Waals surface area (Å²) in [5.41, 5.74) is 1.64. The van der Waals surface area contributed by atoms with Gasteiger partial charge in [0.15, 0.2) is 17.3 Å². The van der Waals surface area contributed by atoms with Crippen LogP contribution in [0.15, 0.2) is 56.5 Å². The van der Waals surface area contributed by atoms with E-state index in [0.717, 1.165) is 10.6 Å². The van der Waals surface area contributed by atoms with E-state index in [1.807, 2.05) is 32.0 Å². The second-order valence-corrected chi connectivity index (χ2v) is 9.78. The minimum atomic E-state index is -0.479. The number of benzene rings is 2. The third-order valence-corrected chi connectivity index (χ3v) is 7.02. The Morgan fingerprint density at radius 3 is 2.76 bits per heavy atom. The Morgan fingerprint density at radius 2 is 2.06 bits per heavy atom. The predicted octanol–water partition coefficient (Wildman–Crippen LogP) is 5.97. The quantitative estimate of drug-likeness (QED) is 0.451. The molecule has 0 saturated carbocycles. The van der Waals surface area contributed by atoms with E-state index in [9.17, 15) is 4.79 Å². The zero-order chi connectivity index (χ0) is 23.7. The third-order valence-electron chi connectivity index (χ3n) is 4.86. The van der Waals surface area contributed by atoms with Gasteiger partial charge in [-0.2, -0.15) is 15.1 Å². The summed E-state index contributed by atoms with van der Waals surface area (Å²) in [6, 6.07) is 11.0. The molecule has 0 unspecified atom stereocenters. The first-order chi connectivity index (χ1) is 15.8. The van der Waals surface area contributed by atoms with Crippen molar-refractivity contribution in [3.8, 4) is 11.5 Å². The van der Waals surface area contributed by atoms with Crippen molar-refractivity contribution in [1.29, 1.82) is 5.41 Å². The zero-order valence-electron chi connectivity index (χ0n) is 18.1. The molecule has 0 bridgehead atoms. The van der Waals surface area contributed by atoms with Crippen LogP contribution in [0.4, 0.5) is 0 Å². The molecular formula is C23H20BrClN4O3S. The smallest absolute Gasteiger partial charge is 0.283 e. The van der Waals surface area contributed by atoms with Crippen LogP contribution in [0.3, 0.4) is 0 Å². The lowest BCUT2D eigenvalue weighted by Gasteiger charge is -2.20. The lowest BCUT2D eigenvalue weighted by Crippen LogP contribution is -2.35. The van der Waals surface area contributed by atoms with Crippen molar-refractivity contribution in [2.24, 2.45) is 16.0 Å². The lowest BCUT2D eigenvalue weighted by atomic mass is 10.1. The van der Waals surface area contributed by atoms with Crippen molar-refractivity contribution in [3.63, 3.8) is 0 Å². The summed E-state index contributed by atoms with van der Waals surface area (Å²) in [5.74, 6) is 0.665. The monoisotopic (exact) mass is 546 g/mol. The van der Waals surface area contributed by atoms with E-state index in [1.54, 1.807) is 24.3 Å². The van der Waals surface area contributed by atoms with E-state index in [1.165, 1.54) is 23.9 Å². The van der Waals surface area contributed by atoms with Crippen LogP contribution in [-0.4, -0.2) is 34.1 Å². The first-order valence-electron chi connectivity index (χ1n) is 10.0. The standard InChI is InChI=1S/C23H20BrClN4O3S/c1-12(2)22-28-29-20(26)15(21(30)27-23(29)33-22)8-13-9-16(24)19(18(10-13)31-3)32-11-14-6-4-5-7-17(14)25/h4-10,12,26H,11H2,1-3H3/b15-8-,26-20?. The summed E-state index contributed by atoms with van der Waals surface area (Å²) in [6.07, 6.45) is 1.60. The molecule has 10 heteroatoms. The predicted molar refractivity (Wildman–Crippen MR) is 136 cm³/mol. The highest BCUT2D eigenvalue weighted by molar-refractivity contribution is 9.10. The largest absolute Gasteiger partial charge is 0.493 e. The molecule has 1 N–H and O–H groups in total. The Hall–Kier alpha value is -2.62. The van der Waals surface area contributed by atoms with Crippen LogP contribution in [0.1, 0.15) is 25.0 Å². The van der Waals surface area contributed by atoms with Gasteiger partial charge in [-0.15, -0.1) is 0 Å². The van der Waals surface area contributed by atoms with Crippen LogP contribution in [0.5, 0.6) is 11.5 Å². The highest BCUT2D eigenvalue weighted by Gasteiger charge is 2.36. The molecule has 33 heavy (non-hydrogen) atoms. The SMILES string of the molecule is COc1cc(/C=C2/C(=N)N3N=C(C(C)C)SC3=NC2=O)cc(Br)c1OCc1ccccc1Cl. The van der Waals surface area contributed by atoms with E-state index in [2.05, 4.69) is 26.0 Å². The van der Waals surface area contributed by atoms with Crippen molar-refractivity contribution in [3.05, 3.63) is 62.6 Å². The van der Waals surface area contributed by atoms with Crippen molar-refractivity contribution < 1.29 is 14.3 Å². The molecule has 7 nitrogen and oxygen atoms in total. The van der Waals surface area contributed by atoms with E-state index in [0.29, 0.717) is 31.7 Å². The third kappa shape index (κ3) is 4.85. The number of thioether (sulfide) groups is 1. The average molecular weight is 548 g/mol. The molecule has 2 aromatic rings. The van der Waals surface area contributed by atoms with Gasteiger partial charge in [0.25, 0.3) is 5.91 Å². The molecule has 4 rings (SSSR count). The normalized spacial score (nSPS) is 16.8. The number of hydrazone groups is 1. The van der Waals surface area contributed by atoms with Crippen LogP contribution in [0, 0.1) is 11.3 Å². The van der Waals surface area contributed by atoms with Gasteiger partial charge in [0, 0.05) is 16.5 Å². The topological polar surface area (TPSA) is 87.3 Å². The Kier molecular flexibility index (Phi) is 6.92. The number of rotatable bonds is 6. The number of carbonyl (C=O) groups is 1. The number of carbonyl (C=O) groups excluding carboxylic acids is 1. The number of ether oxygens (including phenoxy) is 2. The summed E-state index contributed by atoms with van der Waals surface area (Å²) >= 11 is 11.1. The van der Waals surface area contributed by atoms with Gasteiger partial charge in [0.2, 0.25) is 5.17 Å². The van der Waals surface area contributed by atoms with Crippen LogP contribution in [0.25, 0.3) is 6.08 Å².